The van der Waals surface area contributed by atoms with Crippen molar-refractivity contribution in [1.29, 1.82) is 0 Å². The van der Waals surface area contributed by atoms with Crippen molar-refractivity contribution in [2.75, 3.05) is 14.2 Å². The van der Waals surface area contributed by atoms with Crippen molar-refractivity contribution in [3.8, 4) is 11.5 Å². The molecule has 32 heavy (non-hydrogen) atoms. The summed E-state index contributed by atoms with van der Waals surface area (Å²) in [5.41, 5.74) is 3.81. The van der Waals surface area contributed by atoms with Crippen LogP contribution in [-0.4, -0.2) is 14.2 Å². The molecule has 0 saturated heterocycles. The molecule has 3 nitrogen and oxygen atoms in total. The third kappa shape index (κ3) is 5.91. The van der Waals surface area contributed by atoms with Gasteiger partial charge in [-0.25, -0.2) is 0 Å². The Kier molecular flexibility index (Phi) is 9.14. The third-order valence-corrected chi connectivity index (χ3v) is 8.09. The van der Waals surface area contributed by atoms with Gasteiger partial charge in [-0.05, 0) is 54.5 Å². The molecule has 0 amide bonds. The molecule has 2 atom stereocenters. The molecule has 0 aliphatic rings. The molecule has 3 aromatic carbocycles. The van der Waals surface area contributed by atoms with Crippen LogP contribution in [0.15, 0.2) is 72.8 Å². The van der Waals surface area contributed by atoms with Crippen LogP contribution in [0.1, 0.15) is 49.8 Å². The summed E-state index contributed by atoms with van der Waals surface area (Å²) in [5, 5.41) is 4.75. The van der Waals surface area contributed by atoms with Crippen molar-refractivity contribution in [1.82, 2.24) is 5.32 Å². The fraction of sp³-hybridized carbons (Fsp3) is 0.357. The molecule has 0 fully saturated rings. The predicted octanol–water partition coefficient (Wildman–Crippen LogP) is 6.40. The summed E-state index contributed by atoms with van der Waals surface area (Å²) in [6.45, 7) is 6.03. The zero-order valence-electron chi connectivity index (χ0n) is 19.8. The minimum atomic E-state index is -0.000837. The van der Waals surface area contributed by atoms with Crippen molar-refractivity contribution in [2.45, 2.75) is 51.4 Å². The van der Waals surface area contributed by atoms with Crippen LogP contribution in [0.2, 0.25) is 0 Å². The Morgan fingerprint density at radius 2 is 1.69 bits per heavy atom. The summed E-state index contributed by atoms with van der Waals surface area (Å²) in [5.74, 6) is 1.85. The molecule has 0 aliphatic carbocycles. The summed E-state index contributed by atoms with van der Waals surface area (Å²) < 4.78 is 12.1. The number of methoxy groups -OCH3 is 1. The molecular formula is C28H36NO2P. The van der Waals surface area contributed by atoms with Gasteiger partial charge in [0.15, 0.2) is 0 Å². The van der Waals surface area contributed by atoms with E-state index in [1.165, 1.54) is 22.0 Å². The monoisotopic (exact) mass is 449 g/mol. The van der Waals surface area contributed by atoms with Crippen LogP contribution in [-0.2, 0) is 18.3 Å². The summed E-state index contributed by atoms with van der Waals surface area (Å²) in [6, 6.07) is 25.5. The fourth-order valence-electron chi connectivity index (χ4n) is 4.26. The second-order valence-electron chi connectivity index (χ2n) is 8.13. The first kappa shape index (κ1) is 24.3. The van der Waals surface area contributed by atoms with Gasteiger partial charge in [0.2, 0.25) is 0 Å². The second-order valence-corrected chi connectivity index (χ2v) is 9.88. The van der Waals surface area contributed by atoms with Gasteiger partial charge in [-0.15, -0.1) is 0 Å². The van der Waals surface area contributed by atoms with Crippen molar-refractivity contribution in [2.24, 2.45) is 0 Å². The van der Waals surface area contributed by atoms with Crippen molar-refractivity contribution < 1.29 is 9.47 Å². The first-order valence-corrected chi connectivity index (χ1v) is 12.5. The van der Waals surface area contributed by atoms with Crippen molar-refractivity contribution >= 4 is 13.9 Å². The molecule has 1 N–H and O–H groups in total. The highest BCUT2D eigenvalue weighted by Crippen LogP contribution is 2.52. The highest BCUT2D eigenvalue weighted by Gasteiger charge is 2.34. The van der Waals surface area contributed by atoms with Gasteiger partial charge in [0, 0.05) is 17.3 Å². The minimum Gasteiger partial charge on any atom is -0.497 e. The van der Waals surface area contributed by atoms with E-state index in [-0.39, 0.29) is 5.16 Å². The Balaban J connectivity index is 2.03. The molecule has 0 radical (unpaired) electrons. The van der Waals surface area contributed by atoms with Crippen molar-refractivity contribution in [3.63, 3.8) is 0 Å². The quantitative estimate of drug-likeness (QED) is 0.325. The first-order chi connectivity index (χ1) is 15.7. The average molecular weight is 450 g/mol. The van der Waals surface area contributed by atoms with Crippen LogP contribution in [0.3, 0.4) is 0 Å². The SMILES string of the molecule is CCCC(CC)(Pc1ccccc1CNC)c1cc(OC)ccc1OCc1ccccc1. The van der Waals surface area contributed by atoms with Gasteiger partial charge in [0.25, 0.3) is 0 Å². The molecule has 3 aromatic rings. The third-order valence-electron chi connectivity index (χ3n) is 5.98. The van der Waals surface area contributed by atoms with Gasteiger partial charge >= 0.3 is 0 Å². The Bertz CT molecular complexity index is 976. The lowest BCUT2D eigenvalue weighted by Crippen LogP contribution is -2.25. The molecule has 4 heteroatoms. The smallest absolute Gasteiger partial charge is 0.124 e. The Morgan fingerprint density at radius 1 is 0.938 bits per heavy atom. The van der Waals surface area contributed by atoms with E-state index in [1.807, 2.05) is 19.2 Å². The van der Waals surface area contributed by atoms with Gasteiger partial charge in [0.05, 0.1) is 7.11 Å². The van der Waals surface area contributed by atoms with Gasteiger partial charge in [-0.1, -0.05) is 83.4 Å². The van der Waals surface area contributed by atoms with Crippen LogP contribution in [0.4, 0.5) is 0 Å². The zero-order valence-corrected chi connectivity index (χ0v) is 20.8. The van der Waals surface area contributed by atoms with Crippen LogP contribution in [0, 0.1) is 0 Å². The van der Waals surface area contributed by atoms with Crippen molar-refractivity contribution in [3.05, 3.63) is 89.5 Å². The molecule has 0 saturated carbocycles. The Morgan fingerprint density at radius 3 is 2.38 bits per heavy atom. The predicted molar refractivity (Wildman–Crippen MR) is 138 cm³/mol. The summed E-state index contributed by atoms with van der Waals surface area (Å²) in [7, 11) is 4.40. The first-order valence-electron chi connectivity index (χ1n) is 11.5. The maximum atomic E-state index is 6.43. The topological polar surface area (TPSA) is 30.5 Å². The summed E-state index contributed by atoms with van der Waals surface area (Å²) in [4.78, 5) is 0. The fourth-order valence-corrected chi connectivity index (χ4v) is 6.17. The maximum Gasteiger partial charge on any atom is 0.124 e. The van der Waals surface area contributed by atoms with Gasteiger partial charge in [-0.3, -0.25) is 0 Å². The molecular weight excluding hydrogens is 413 g/mol. The maximum absolute atomic E-state index is 6.43. The van der Waals surface area contributed by atoms with E-state index in [0.29, 0.717) is 15.2 Å². The Hall–Kier alpha value is -2.35. The molecule has 0 spiro atoms. The van der Waals surface area contributed by atoms with E-state index in [2.05, 4.69) is 79.8 Å². The molecule has 170 valence electrons. The second kappa shape index (κ2) is 12.0. The van der Waals surface area contributed by atoms with Crippen LogP contribution in [0.25, 0.3) is 0 Å². The molecule has 0 bridgehead atoms. The van der Waals surface area contributed by atoms with Gasteiger partial charge in [0.1, 0.15) is 18.1 Å². The highest BCUT2D eigenvalue weighted by atomic mass is 31.1. The normalized spacial score (nSPS) is 13.2. The molecule has 0 aromatic heterocycles. The average Bonchev–Trinajstić information content (AvgIpc) is 2.84. The lowest BCUT2D eigenvalue weighted by atomic mass is 9.89. The zero-order chi connectivity index (χ0) is 22.8. The lowest BCUT2D eigenvalue weighted by molar-refractivity contribution is 0.297. The van der Waals surface area contributed by atoms with Crippen LogP contribution >= 0.6 is 8.58 Å². The standard InChI is InChI=1S/C28H36NO2P/c1-5-18-28(6-2,32-27-15-11-10-14-23(27)20-29-3)25-19-24(30-4)16-17-26(25)31-21-22-12-8-7-9-13-22/h7-17,19,29,32H,5-6,18,20-21H2,1-4H3. The van der Waals surface area contributed by atoms with Gasteiger partial charge in [-0.2, -0.15) is 0 Å². The molecule has 2 unspecified atom stereocenters. The van der Waals surface area contributed by atoms with Crippen LogP contribution < -0.4 is 20.1 Å². The number of nitrogens with one attached hydrogen (secondary N) is 1. The largest absolute Gasteiger partial charge is 0.497 e. The molecule has 3 rings (SSSR count). The van der Waals surface area contributed by atoms with Crippen LogP contribution in [0.5, 0.6) is 11.5 Å². The lowest BCUT2D eigenvalue weighted by Gasteiger charge is -2.36. The number of rotatable bonds is 12. The van der Waals surface area contributed by atoms with E-state index in [0.717, 1.165) is 37.3 Å². The number of ether oxygens (including phenoxy) is 2. The van der Waals surface area contributed by atoms with E-state index >= 15 is 0 Å². The van der Waals surface area contributed by atoms with E-state index in [1.54, 1.807) is 7.11 Å². The molecule has 0 aliphatic heterocycles. The van der Waals surface area contributed by atoms with E-state index < -0.39 is 0 Å². The summed E-state index contributed by atoms with van der Waals surface area (Å²) in [6.07, 6.45) is 3.26. The number of hydrogen-bond acceptors (Lipinski definition) is 3. The van der Waals surface area contributed by atoms with E-state index in [4.69, 9.17) is 9.47 Å². The Labute approximate surface area is 195 Å². The number of hydrogen-bond donors (Lipinski definition) is 1. The number of benzene rings is 3. The minimum absolute atomic E-state index is 0.000837. The highest BCUT2D eigenvalue weighted by molar-refractivity contribution is 7.48. The van der Waals surface area contributed by atoms with E-state index in [9.17, 15) is 0 Å². The molecule has 0 heterocycles. The van der Waals surface area contributed by atoms with Gasteiger partial charge < -0.3 is 14.8 Å². The summed E-state index contributed by atoms with van der Waals surface area (Å²) >= 11 is 0.